The SMILES string of the molecule is C=CCNC(=O)Nc1cn(C)c2ccccc12. The number of nitrogens with zero attached hydrogens (tertiary/aromatic N) is 1. The summed E-state index contributed by atoms with van der Waals surface area (Å²) in [5.74, 6) is 0. The number of hydrogen-bond donors (Lipinski definition) is 2. The van der Waals surface area contributed by atoms with Crippen LogP contribution in [0.2, 0.25) is 0 Å². The number of nitrogens with one attached hydrogen (secondary N) is 2. The van der Waals surface area contributed by atoms with Crippen molar-refractivity contribution in [1.29, 1.82) is 0 Å². The number of rotatable bonds is 3. The second-order valence-electron chi connectivity index (χ2n) is 3.79. The number of carbonyl (C=O) groups excluding carboxylic acids is 1. The minimum absolute atomic E-state index is 0.221. The van der Waals surface area contributed by atoms with Crippen LogP contribution in [-0.2, 0) is 7.05 Å². The monoisotopic (exact) mass is 229 g/mol. The average molecular weight is 229 g/mol. The summed E-state index contributed by atoms with van der Waals surface area (Å²) < 4.78 is 1.98. The molecule has 0 aliphatic rings. The van der Waals surface area contributed by atoms with Gasteiger partial charge in [0, 0.05) is 30.7 Å². The number of para-hydroxylation sites is 1. The molecule has 0 fully saturated rings. The summed E-state index contributed by atoms with van der Waals surface area (Å²) >= 11 is 0. The maximum atomic E-state index is 11.5. The van der Waals surface area contributed by atoms with E-state index in [9.17, 15) is 4.79 Å². The van der Waals surface area contributed by atoms with Crippen molar-refractivity contribution in [3.8, 4) is 0 Å². The molecule has 0 radical (unpaired) electrons. The molecular weight excluding hydrogens is 214 g/mol. The lowest BCUT2D eigenvalue weighted by Crippen LogP contribution is -2.28. The summed E-state index contributed by atoms with van der Waals surface area (Å²) in [6.07, 6.45) is 3.54. The molecule has 2 aromatic rings. The molecule has 4 nitrogen and oxygen atoms in total. The van der Waals surface area contributed by atoms with Gasteiger partial charge in [0.15, 0.2) is 0 Å². The van der Waals surface area contributed by atoms with Crippen LogP contribution in [0.1, 0.15) is 0 Å². The number of amides is 2. The summed E-state index contributed by atoms with van der Waals surface area (Å²) in [6, 6.07) is 7.71. The van der Waals surface area contributed by atoms with Crippen molar-refractivity contribution in [2.75, 3.05) is 11.9 Å². The van der Waals surface area contributed by atoms with Crippen LogP contribution in [0.3, 0.4) is 0 Å². The summed E-state index contributed by atoms with van der Waals surface area (Å²) in [5.41, 5.74) is 1.90. The first-order chi connectivity index (χ1) is 8.22. The van der Waals surface area contributed by atoms with Gasteiger partial charge in [-0.25, -0.2) is 4.79 Å². The van der Waals surface area contributed by atoms with E-state index in [1.165, 1.54) is 0 Å². The number of anilines is 1. The van der Waals surface area contributed by atoms with Crippen molar-refractivity contribution in [2.45, 2.75) is 0 Å². The van der Waals surface area contributed by atoms with Gasteiger partial charge in [0.2, 0.25) is 0 Å². The molecule has 1 heterocycles. The Morgan fingerprint density at radius 3 is 3.00 bits per heavy atom. The van der Waals surface area contributed by atoms with E-state index in [1.807, 2.05) is 42.1 Å². The van der Waals surface area contributed by atoms with E-state index >= 15 is 0 Å². The summed E-state index contributed by atoms with van der Waals surface area (Å²) in [4.78, 5) is 11.5. The zero-order valence-corrected chi connectivity index (χ0v) is 9.73. The van der Waals surface area contributed by atoms with Crippen molar-refractivity contribution in [3.63, 3.8) is 0 Å². The van der Waals surface area contributed by atoms with Gasteiger partial charge in [-0.2, -0.15) is 0 Å². The molecule has 0 spiro atoms. The van der Waals surface area contributed by atoms with Gasteiger partial charge in [0.1, 0.15) is 0 Å². The van der Waals surface area contributed by atoms with Crippen LogP contribution < -0.4 is 10.6 Å². The van der Waals surface area contributed by atoms with E-state index < -0.39 is 0 Å². The lowest BCUT2D eigenvalue weighted by molar-refractivity contribution is 0.253. The Morgan fingerprint density at radius 2 is 2.24 bits per heavy atom. The molecule has 4 heteroatoms. The predicted molar refractivity (Wildman–Crippen MR) is 70.1 cm³/mol. The number of hydrogen-bond acceptors (Lipinski definition) is 1. The Balaban J connectivity index is 2.24. The van der Waals surface area contributed by atoms with Gasteiger partial charge < -0.3 is 15.2 Å². The van der Waals surface area contributed by atoms with Crippen molar-refractivity contribution < 1.29 is 4.79 Å². The number of aromatic nitrogens is 1. The second-order valence-corrected chi connectivity index (χ2v) is 3.79. The smallest absolute Gasteiger partial charge is 0.319 e. The quantitative estimate of drug-likeness (QED) is 0.780. The van der Waals surface area contributed by atoms with Crippen molar-refractivity contribution >= 4 is 22.6 Å². The Bertz CT molecular complexity index is 557. The maximum absolute atomic E-state index is 11.5. The third-order valence-electron chi connectivity index (χ3n) is 2.55. The van der Waals surface area contributed by atoms with Gasteiger partial charge in [-0.3, -0.25) is 0 Å². The molecule has 2 N–H and O–H groups in total. The van der Waals surface area contributed by atoms with E-state index in [2.05, 4.69) is 17.2 Å². The zero-order chi connectivity index (χ0) is 12.3. The molecule has 0 aliphatic heterocycles. The topological polar surface area (TPSA) is 46.1 Å². The van der Waals surface area contributed by atoms with Crippen molar-refractivity contribution in [3.05, 3.63) is 43.1 Å². The maximum Gasteiger partial charge on any atom is 0.319 e. The minimum Gasteiger partial charge on any atom is -0.348 e. The lowest BCUT2D eigenvalue weighted by atomic mass is 10.2. The fourth-order valence-electron chi connectivity index (χ4n) is 1.77. The molecular formula is C13H15N3O. The van der Waals surface area contributed by atoms with Crippen LogP contribution in [0.5, 0.6) is 0 Å². The van der Waals surface area contributed by atoms with Crippen LogP contribution in [0.4, 0.5) is 10.5 Å². The minimum atomic E-state index is -0.221. The number of aryl methyl sites for hydroxylation is 1. The molecule has 88 valence electrons. The fourth-order valence-corrected chi connectivity index (χ4v) is 1.77. The van der Waals surface area contributed by atoms with Gasteiger partial charge in [0.25, 0.3) is 0 Å². The van der Waals surface area contributed by atoms with Gasteiger partial charge in [-0.15, -0.1) is 6.58 Å². The molecule has 0 unspecified atom stereocenters. The number of urea groups is 1. The Morgan fingerprint density at radius 1 is 1.47 bits per heavy atom. The van der Waals surface area contributed by atoms with Crippen LogP contribution in [-0.4, -0.2) is 17.1 Å². The molecule has 0 saturated heterocycles. The standard InChI is InChI=1S/C13H15N3O/c1-3-8-14-13(17)15-11-9-16(2)12-7-5-4-6-10(11)12/h3-7,9H,1,8H2,2H3,(H2,14,15,17). The van der Waals surface area contributed by atoms with E-state index in [4.69, 9.17) is 0 Å². The lowest BCUT2D eigenvalue weighted by Gasteiger charge is -2.03. The molecule has 2 rings (SSSR count). The normalized spacial score (nSPS) is 10.2. The number of carbonyl (C=O) groups is 1. The van der Waals surface area contributed by atoms with Crippen LogP contribution in [0.15, 0.2) is 43.1 Å². The van der Waals surface area contributed by atoms with E-state index in [0.29, 0.717) is 6.54 Å². The van der Waals surface area contributed by atoms with Crippen LogP contribution >= 0.6 is 0 Å². The second kappa shape index (κ2) is 4.74. The Hall–Kier alpha value is -2.23. The molecule has 1 aromatic carbocycles. The van der Waals surface area contributed by atoms with Crippen molar-refractivity contribution in [1.82, 2.24) is 9.88 Å². The summed E-state index contributed by atoms with van der Waals surface area (Å²) in [7, 11) is 1.95. The fraction of sp³-hybridized carbons (Fsp3) is 0.154. The molecule has 0 aliphatic carbocycles. The van der Waals surface area contributed by atoms with Gasteiger partial charge in [-0.05, 0) is 6.07 Å². The van der Waals surface area contributed by atoms with E-state index in [0.717, 1.165) is 16.6 Å². The molecule has 0 atom stereocenters. The summed E-state index contributed by atoms with van der Waals surface area (Å²) in [6.45, 7) is 4.00. The van der Waals surface area contributed by atoms with Crippen LogP contribution in [0, 0.1) is 0 Å². The molecule has 0 saturated carbocycles. The first-order valence-corrected chi connectivity index (χ1v) is 5.42. The van der Waals surface area contributed by atoms with Gasteiger partial charge >= 0.3 is 6.03 Å². The molecule has 17 heavy (non-hydrogen) atoms. The Kier molecular flexibility index (Phi) is 3.14. The van der Waals surface area contributed by atoms with Gasteiger partial charge in [0.05, 0.1) is 5.69 Å². The third-order valence-corrected chi connectivity index (χ3v) is 2.55. The third kappa shape index (κ3) is 2.30. The van der Waals surface area contributed by atoms with E-state index in [-0.39, 0.29) is 6.03 Å². The van der Waals surface area contributed by atoms with Crippen LogP contribution in [0.25, 0.3) is 10.9 Å². The van der Waals surface area contributed by atoms with Gasteiger partial charge in [-0.1, -0.05) is 24.3 Å². The summed E-state index contributed by atoms with van der Waals surface area (Å²) in [5, 5.41) is 6.53. The average Bonchev–Trinajstić information content (AvgIpc) is 2.65. The molecule has 2 amide bonds. The zero-order valence-electron chi connectivity index (χ0n) is 9.73. The molecule has 0 bridgehead atoms. The first-order valence-electron chi connectivity index (χ1n) is 5.42. The number of benzene rings is 1. The highest BCUT2D eigenvalue weighted by Gasteiger charge is 2.07. The first kappa shape index (κ1) is 11.3. The highest BCUT2D eigenvalue weighted by atomic mass is 16.2. The highest BCUT2D eigenvalue weighted by Crippen LogP contribution is 2.24. The largest absolute Gasteiger partial charge is 0.348 e. The number of fused-ring (bicyclic) bond motifs is 1. The molecule has 1 aromatic heterocycles. The van der Waals surface area contributed by atoms with Crippen molar-refractivity contribution in [2.24, 2.45) is 7.05 Å². The predicted octanol–water partition coefficient (Wildman–Crippen LogP) is 2.49. The Labute approximate surface area is 99.9 Å². The highest BCUT2D eigenvalue weighted by molar-refractivity contribution is 6.01. The van der Waals surface area contributed by atoms with E-state index in [1.54, 1.807) is 6.08 Å².